The highest BCUT2D eigenvalue weighted by Crippen LogP contribution is 2.18. The monoisotopic (exact) mass is 368 g/mol. The summed E-state index contributed by atoms with van der Waals surface area (Å²) in [5.41, 5.74) is 0.329. The van der Waals surface area contributed by atoms with Gasteiger partial charge in [-0.25, -0.2) is 13.2 Å². The Morgan fingerprint density at radius 1 is 1.08 bits per heavy atom. The van der Waals surface area contributed by atoms with E-state index in [0.29, 0.717) is 44.7 Å². The normalized spacial score (nSPS) is 16.6. The van der Waals surface area contributed by atoms with E-state index in [9.17, 15) is 18.0 Å². The van der Waals surface area contributed by atoms with Gasteiger partial charge in [-0.2, -0.15) is 4.31 Å². The van der Waals surface area contributed by atoms with Crippen molar-refractivity contribution in [2.45, 2.75) is 25.2 Å². The minimum atomic E-state index is -3.58. The van der Waals surface area contributed by atoms with Crippen molar-refractivity contribution in [2.24, 2.45) is 0 Å². The second-order valence-corrected chi connectivity index (χ2v) is 7.88. The van der Waals surface area contributed by atoms with Crippen molar-refractivity contribution < 1.29 is 22.7 Å². The maximum Gasteiger partial charge on any atom is 0.338 e. The van der Waals surface area contributed by atoms with Gasteiger partial charge in [-0.05, 0) is 38.1 Å². The molecule has 0 spiro atoms. The molecule has 1 fully saturated rings. The van der Waals surface area contributed by atoms with Crippen LogP contribution in [0.5, 0.6) is 0 Å². The van der Waals surface area contributed by atoms with Crippen molar-refractivity contribution in [1.29, 1.82) is 0 Å². The van der Waals surface area contributed by atoms with Gasteiger partial charge in [-0.15, -0.1) is 0 Å². The largest absolute Gasteiger partial charge is 0.462 e. The predicted molar refractivity (Wildman–Crippen MR) is 92.9 cm³/mol. The van der Waals surface area contributed by atoms with E-state index in [4.69, 9.17) is 4.74 Å². The summed E-state index contributed by atoms with van der Waals surface area (Å²) in [7, 11) is -3.58. The second kappa shape index (κ2) is 8.55. The van der Waals surface area contributed by atoms with Crippen molar-refractivity contribution in [2.75, 3.05) is 39.3 Å². The molecule has 0 aromatic heterocycles. The predicted octanol–water partition coefficient (Wildman–Crippen LogP) is 1.15. The molecule has 0 saturated carbocycles. The van der Waals surface area contributed by atoms with Gasteiger partial charge in [-0.3, -0.25) is 4.79 Å². The van der Waals surface area contributed by atoms with Crippen molar-refractivity contribution in [3.05, 3.63) is 29.8 Å². The highest BCUT2D eigenvalue weighted by Gasteiger charge is 2.28. The van der Waals surface area contributed by atoms with E-state index in [-0.39, 0.29) is 17.3 Å². The van der Waals surface area contributed by atoms with E-state index < -0.39 is 16.0 Å². The summed E-state index contributed by atoms with van der Waals surface area (Å²) in [6.07, 6.45) is 0.488. The standard InChI is InChI=1S/C17H24N2O5S/c1-3-24-17(21)15-4-6-16(7-5-15)25(22,23)19-12-10-18(11-13-19)9-8-14(2)20/h4-7H,3,8-13H2,1-2H3. The number of nitrogens with zero attached hydrogens (tertiary/aromatic N) is 2. The number of hydrogen-bond acceptors (Lipinski definition) is 6. The lowest BCUT2D eigenvalue weighted by Crippen LogP contribution is -2.48. The molecule has 7 nitrogen and oxygen atoms in total. The Hall–Kier alpha value is -1.77. The number of Topliss-reactive ketones (excluding diaryl/α,β-unsaturated/α-hetero) is 1. The molecule has 0 radical (unpaired) electrons. The van der Waals surface area contributed by atoms with Crippen molar-refractivity contribution in [1.82, 2.24) is 9.21 Å². The zero-order valence-electron chi connectivity index (χ0n) is 14.6. The molecular weight excluding hydrogens is 344 g/mol. The lowest BCUT2D eigenvalue weighted by molar-refractivity contribution is -0.117. The highest BCUT2D eigenvalue weighted by atomic mass is 32.2. The van der Waals surface area contributed by atoms with Crippen LogP contribution in [0, 0.1) is 0 Å². The molecule has 1 aromatic carbocycles. The van der Waals surface area contributed by atoms with Crippen LogP contribution in [0.4, 0.5) is 0 Å². The SMILES string of the molecule is CCOC(=O)c1ccc(S(=O)(=O)N2CCN(CCC(C)=O)CC2)cc1. The summed E-state index contributed by atoms with van der Waals surface area (Å²) in [6.45, 7) is 6.19. The minimum absolute atomic E-state index is 0.136. The summed E-state index contributed by atoms with van der Waals surface area (Å²) in [4.78, 5) is 24.9. The molecule has 1 saturated heterocycles. The van der Waals surface area contributed by atoms with Crippen LogP contribution in [0.2, 0.25) is 0 Å². The van der Waals surface area contributed by atoms with Gasteiger partial charge in [0.25, 0.3) is 0 Å². The number of sulfonamides is 1. The molecule has 0 amide bonds. The average Bonchev–Trinajstić information content (AvgIpc) is 2.60. The van der Waals surface area contributed by atoms with Crippen LogP contribution in [-0.2, 0) is 19.6 Å². The van der Waals surface area contributed by atoms with E-state index in [0.717, 1.165) is 0 Å². The number of benzene rings is 1. The molecule has 0 bridgehead atoms. The molecule has 0 N–H and O–H groups in total. The molecule has 0 atom stereocenters. The highest BCUT2D eigenvalue weighted by molar-refractivity contribution is 7.89. The van der Waals surface area contributed by atoms with E-state index in [2.05, 4.69) is 4.90 Å². The Labute approximate surface area is 148 Å². The molecule has 0 aliphatic carbocycles. The van der Waals surface area contributed by atoms with Gasteiger partial charge in [0, 0.05) is 39.1 Å². The first-order valence-corrected chi connectivity index (χ1v) is 9.77. The summed E-state index contributed by atoms with van der Waals surface area (Å²) in [5.74, 6) is -0.331. The third kappa shape index (κ3) is 5.10. The Morgan fingerprint density at radius 2 is 1.68 bits per heavy atom. The Bertz CT molecular complexity index is 707. The summed E-state index contributed by atoms with van der Waals surface area (Å²) in [6, 6.07) is 5.80. The fourth-order valence-corrected chi connectivity index (χ4v) is 4.06. The van der Waals surface area contributed by atoms with Crippen molar-refractivity contribution in [3.63, 3.8) is 0 Å². The molecule has 1 aliphatic rings. The lowest BCUT2D eigenvalue weighted by Gasteiger charge is -2.33. The first kappa shape index (κ1) is 19.6. The minimum Gasteiger partial charge on any atom is -0.462 e. The van der Waals surface area contributed by atoms with Crippen LogP contribution in [-0.4, -0.2) is 68.7 Å². The summed E-state index contributed by atoms with van der Waals surface area (Å²) >= 11 is 0. The fraction of sp³-hybridized carbons (Fsp3) is 0.529. The van der Waals surface area contributed by atoms with Crippen LogP contribution in [0.3, 0.4) is 0 Å². The van der Waals surface area contributed by atoms with E-state index in [1.54, 1.807) is 13.8 Å². The van der Waals surface area contributed by atoms with Crippen LogP contribution in [0.15, 0.2) is 29.2 Å². The van der Waals surface area contributed by atoms with Crippen LogP contribution < -0.4 is 0 Å². The number of ether oxygens (including phenoxy) is 1. The smallest absolute Gasteiger partial charge is 0.338 e. The quantitative estimate of drug-likeness (QED) is 0.671. The molecule has 2 rings (SSSR count). The van der Waals surface area contributed by atoms with Crippen LogP contribution >= 0.6 is 0 Å². The lowest BCUT2D eigenvalue weighted by atomic mass is 10.2. The number of rotatable bonds is 7. The van der Waals surface area contributed by atoms with E-state index >= 15 is 0 Å². The van der Waals surface area contributed by atoms with Crippen LogP contribution in [0.1, 0.15) is 30.6 Å². The summed E-state index contributed by atoms with van der Waals surface area (Å²) < 4.78 is 31.7. The zero-order valence-corrected chi connectivity index (χ0v) is 15.4. The van der Waals surface area contributed by atoms with Crippen molar-refractivity contribution in [3.8, 4) is 0 Å². The average molecular weight is 368 g/mol. The topological polar surface area (TPSA) is 84.0 Å². The van der Waals surface area contributed by atoms with Crippen molar-refractivity contribution >= 4 is 21.8 Å². The van der Waals surface area contributed by atoms with E-state index in [1.807, 2.05) is 0 Å². The van der Waals surface area contributed by atoms with Gasteiger partial charge >= 0.3 is 5.97 Å². The van der Waals surface area contributed by atoms with Gasteiger partial charge in [0.15, 0.2) is 0 Å². The molecule has 1 aromatic rings. The molecule has 0 unspecified atom stereocenters. The Morgan fingerprint density at radius 3 is 2.20 bits per heavy atom. The van der Waals surface area contributed by atoms with Gasteiger partial charge in [0.2, 0.25) is 10.0 Å². The van der Waals surface area contributed by atoms with Gasteiger partial charge in [-0.1, -0.05) is 0 Å². The van der Waals surface area contributed by atoms with Gasteiger partial charge < -0.3 is 9.64 Å². The second-order valence-electron chi connectivity index (χ2n) is 5.94. The first-order valence-electron chi connectivity index (χ1n) is 8.33. The zero-order chi connectivity index (χ0) is 18.4. The maximum atomic E-state index is 12.7. The first-order chi connectivity index (χ1) is 11.8. The molecular formula is C17H24N2O5S. The number of esters is 1. The molecule has 25 heavy (non-hydrogen) atoms. The number of piperazine rings is 1. The fourth-order valence-electron chi connectivity index (χ4n) is 2.64. The Balaban J connectivity index is 2.00. The third-order valence-corrected chi connectivity index (χ3v) is 6.03. The molecule has 8 heteroatoms. The third-order valence-electron chi connectivity index (χ3n) is 4.11. The van der Waals surface area contributed by atoms with Gasteiger partial charge in [0.05, 0.1) is 17.1 Å². The van der Waals surface area contributed by atoms with Crippen LogP contribution in [0.25, 0.3) is 0 Å². The Kier molecular flexibility index (Phi) is 6.69. The number of hydrogen-bond donors (Lipinski definition) is 0. The molecule has 1 heterocycles. The summed E-state index contributed by atoms with van der Waals surface area (Å²) in [5, 5.41) is 0. The number of ketones is 1. The van der Waals surface area contributed by atoms with Gasteiger partial charge in [0.1, 0.15) is 5.78 Å². The molecule has 138 valence electrons. The van der Waals surface area contributed by atoms with E-state index in [1.165, 1.54) is 28.6 Å². The number of carbonyl (C=O) groups excluding carboxylic acids is 2. The maximum absolute atomic E-state index is 12.7. The number of carbonyl (C=O) groups is 2. The molecule has 1 aliphatic heterocycles.